The zero-order valence-corrected chi connectivity index (χ0v) is 12.6. The van der Waals surface area contributed by atoms with Crippen molar-refractivity contribution in [1.29, 1.82) is 0 Å². The molecule has 1 atom stereocenters. The first-order valence-electron chi connectivity index (χ1n) is 7.33. The van der Waals surface area contributed by atoms with Crippen molar-refractivity contribution >= 4 is 16.6 Å². The maximum absolute atomic E-state index is 12.7. The molecule has 0 aliphatic carbocycles. The van der Waals surface area contributed by atoms with Crippen LogP contribution >= 0.6 is 0 Å². The molecule has 0 spiro atoms. The van der Waals surface area contributed by atoms with Crippen LogP contribution in [-0.4, -0.2) is 54.1 Å². The molecule has 5 nitrogen and oxygen atoms in total. The van der Waals surface area contributed by atoms with Gasteiger partial charge in [-0.05, 0) is 31.6 Å². The van der Waals surface area contributed by atoms with E-state index in [9.17, 15) is 4.79 Å². The van der Waals surface area contributed by atoms with E-state index in [4.69, 9.17) is 5.73 Å². The lowest BCUT2D eigenvalue weighted by Crippen LogP contribution is -2.52. The van der Waals surface area contributed by atoms with Crippen LogP contribution in [0.5, 0.6) is 0 Å². The van der Waals surface area contributed by atoms with Gasteiger partial charge in [0.05, 0.1) is 0 Å². The number of piperazine rings is 1. The fourth-order valence-electron chi connectivity index (χ4n) is 3.02. The molecule has 3 rings (SSSR count). The second-order valence-corrected chi connectivity index (χ2v) is 5.97. The third kappa shape index (κ3) is 2.66. The van der Waals surface area contributed by atoms with Crippen LogP contribution in [0, 0.1) is 0 Å². The summed E-state index contributed by atoms with van der Waals surface area (Å²) in [4.78, 5) is 17.3. The molecule has 1 unspecified atom stereocenters. The molecular formula is C16H22N4O. The predicted octanol–water partition coefficient (Wildman–Crippen LogP) is 0.830. The van der Waals surface area contributed by atoms with Gasteiger partial charge in [0.2, 0.25) is 0 Å². The largest absolute Gasteiger partial charge is 0.385 e. The van der Waals surface area contributed by atoms with Crippen molar-refractivity contribution in [3.05, 3.63) is 40.7 Å². The smallest absolute Gasteiger partial charge is 0.260 e. The number of likely N-dealkylation sites (N-methyl/N-ethyl adjacent to an activating group) is 2. The maximum Gasteiger partial charge on any atom is 0.260 e. The van der Waals surface area contributed by atoms with Gasteiger partial charge in [0, 0.05) is 37.6 Å². The van der Waals surface area contributed by atoms with Gasteiger partial charge >= 0.3 is 0 Å². The Morgan fingerprint density at radius 3 is 2.81 bits per heavy atom. The van der Waals surface area contributed by atoms with Gasteiger partial charge in [-0.25, -0.2) is 0 Å². The van der Waals surface area contributed by atoms with Gasteiger partial charge < -0.3 is 10.6 Å². The first kappa shape index (κ1) is 14.1. The van der Waals surface area contributed by atoms with E-state index >= 15 is 0 Å². The molecule has 2 aromatic rings. The summed E-state index contributed by atoms with van der Waals surface area (Å²) in [5.41, 5.74) is 6.12. The quantitative estimate of drug-likeness (QED) is 0.888. The fraction of sp³-hybridized carbons (Fsp3) is 0.438. The van der Waals surface area contributed by atoms with E-state index in [1.807, 2.05) is 30.3 Å². The number of nitrogen functional groups attached to an aromatic ring is 1. The Bertz CT molecular complexity index is 709. The molecule has 5 heteroatoms. The highest BCUT2D eigenvalue weighted by Crippen LogP contribution is 2.15. The Labute approximate surface area is 124 Å². The summed E-state index contributed by atoms with van der Waals surface area (Å²) >= 11 is 0. The number of hydrogen-bond acceptors (Lipinski definition) is 4. The van der Waals surface area contributed by atoms with E-state index in [-0.39, 0.29) is 5.56 Å². The van der Waals surface area contributed by atoms with Crippen molar-refractivity contribution in [2.45, 2.75) is 12.6 Å². The van der Waals surface area contributed by atoms with Crippen molar-refractivity contribution in [3.8, 4) is 0 Å². The Hall–Kier alpha value is -1.85. The lowest BCUT2D eigenvalue weighted by Gasteiger charge is -2.38. The fourth-order valence-corrected chi connectivity index (χ4v) is 3.02. The van der Waals surface area contributed by atoms with Crippen LogP contribution in [0.25, 0.3) is 10.8 Å². The zero-order chi connectivity index (χ0) is 15.0. The minimum atomic E-state index is 0.00669. The normalized spacial score (nSPS) is 21.0. The highest BCUT2D eigenvalue weighted by Gasteiger charge is 2.23. The summed E-state index contributed by atoms with van der Waals surface area (Å²) in [6, 6.07) is 9.82. The third-order valence-electron chi connectivity index (χ3n) is 4.42. The number of pyridine rings is 1. The van der Waals surface area contributed by atoms with Gasteiger partial charge in [0.25, 0.3) is 5.56 Å². The number of benzene rings is 1. The predicted molar refractivity (Wildman–Crippen MR) is 86.5 cm³/mol. The number of fused-ring (bicyclic) bond motifs is 1. The van der Waals surface area contributed by atoms with E-state index < -0.39 is 0 Å². The molecule has 2 heterocycles. The molecule has 1 aromatic carbocycles. The van der Waals surface area contributed by atoms with E-state index in [1.165, 1.54) is 0 Å². The molecule has 0 bridgehead atoms. The van der Waals surface area contributed by atoms with E-state index in [0.29, 0.717) is 18.4 Å². The zero-order valence-electron chi connectivity index (χ0n) is 12.6. The number of hydrogen-bond donors (Lipinski definition) is 1. The standard InChI is InChI=1S/C16H22N4O/c1-18-7-8-19(2)13(10-18)11-20-15(17)9-12-5-3-4-6-14(12)16(20)21/h3-6,9,13H,7-8,10-11,17H2,1-2H3. The van der Waals surface area contributed by atoms with Crippen molar-refractivity contribution in [2.75, 3.05) is 39.5 Å². The van der Waals surface area contributed by atoms with Crippen LogP contribution in [0.2, 0.25) is 0 Å². The summed E-state index contributed by atoms with van der Waals surface area (Å²) < 4.78 is 1.71. The number of nitrogens with two attached hydrogens (primary N) is 1. The summed E-state index contributed by atoms with van der Waals surface area (Å²) in [5.74, 6) is 0.542. The van der Waals surface area contributed by atoms with Crippen LogP contribution in [-0.2, 0) is 6.54 Å². The Morgan fingerprint density at radius 1 is 1.24 bits per heavy atom. The molecule has 1 aliphatic rings. The molecule has 112 valence electrons. The lowest BCUT2D eigenvalue weighted by atomic mass is 10.1. The van der Waals surface area contributed by atoms with Crippen molar-refractivity contribution in [2.24, 2.45) is 0 Å². The molecule has 1 aromatic heterocycles. The average Bonchev–Trinajstić information content (AvgIpc) is 2.47. The molecule has 0 saturated carbocycles. The molecule has 0 radical (unpaired) electrons. The van der Waals surface area contributed by atoms with Crippen LogP contribution in [0.4, 0.5) is 5.82 Å². The van der Waals surface area contributed by atoms with Crippen LogP contribution < -0.4 is 11.3 Å². The van der Waals surface area contributed by atoms with Crippen molar-refractivity contribution in [3.63, 3.8) is 0 Å². The minimum absolute atomic E-state index is 0.00669. The van der Waals surface area contributed by atoms with Gasteiger partial charge in [-0.2, -0.15) is 0 Å². The molecule has 0 amide bonds. The highest BCUT2D eigenvalue weighted by atomic mass is 16.1. The van der Waals surface area contributed by atoms with Gasteiger partial charge in [-0.15, -0.1) is 0 Å². The van der Waals surface area contributed by atoms with E-state index in [2.05, 4.69) is 23.9 Å². The van der Waals surface area contributed by atoms with Gasteiger partial charge in [0.15, 0.2) is 0 Å². The van der Waals surface area contributed by atoms with E-state index in [0.717, 1.165) is 30.4 Å². The SMILES string of the molecule is CN1CCN(C)C(Cn2c(N)cc3ccccc3c2=O)C1. The summed E-state index contributed by atoms with van der Waals surface area (Å²) in [6.45, 7) is 3.67. The number of nitrogens with zero attached hydrogens (tertiary/aromatic N) is 3. The highest BCUT2D eigenvalue weighted by molar-refractivity contribution is 5.83. The Morgan fingerprint density at radius 2 is 2.00 bits per heavy atom. The summed E-state index contributed by atoms with van der Waals surface area (Å²) in [6.07, 6.45) is 0. The first-order valence-corrected chi connectivity index (χ1v) is 7.33. The number of aromatic nitrogens is 1. The topological polar surface area (TPSA) is 54.5 Å². The first-order chi connectivity index (χ1) is 10.1. The van der Waals surface area contributed by atoms with Gasteiger partial charge in [0.1, 0.15) is 5.82 Å². The lowest BCUT2D eigenvalue weighted by molar-refractivity contribution is 0.103. The molecule has 1 saturated heterocycles. The van der Waals surface area contributed by atoms with Crippen molar-refractivity contribution < 1.29 is 0 Å². The Balaban J connectivity index is 1.98. The minimum Gasteiger partial charge on any atom is -0.385 e. The number of rotatable bonds is 2. The van der Waals surface area contributed by atoms with Crippen LogP contribution in [0.15, 0.2) is 35.1 Å². The molecule has 1 aliphatic heterocycles. The van der Waals surface area contributed by atoms with Crippen LogP contribution in [0.3, 0.4) is 0 Å². The van der Waals surface area contributed by atoms with Gasteiger partial charge in [-0.3, -0.25) is 14.3 Å². The van der Waals surface area contributed by atoms with Gasteiger partial charge in [-0.1, -0.05) is 18.2 Å². The average molecular weight is 286 g/mol. The third-order valence-corrected chi connectivity index (χ3v) is 4.42. The monoisotopic (exact) mass is 286 g/mol. The molecule has 2 N–H and O–H groups in total. The van der Waals surface area contributed by atoms with E-state index in [1.54, 1.807) is 4.57 Å². The second kappa shape index (κ2) is 5.50. The van der Waals surface area contributed by atoms with Crippen molar-refractivity contribution in [1.82, 2.24) is 14.4 Å². The second-order valence-electron chi connectivity index (χ2n) is 5.97. The summed E-state index contributed by atoms with van der Waals surface area (Å²) in [7, 11) is 4.23. The van der Waals surface area contributed by atoms with Crippen LogP contribution in [0.1, 0.15) is 0 Å². The summed E-state index contributed by atoms with van der Waals surface area (Å²) in [5, 5.41) is 1.64. The molecular weight excluding hydrogens is 264 g/mol. The maximum atomic E-state index is 12.7. The number of anilines is 1. The Kier molecular flexibility index (Phi) is 3.69. The molecule has 1 fully saturated rings. The molecule has 21 heavy (non-hydrogen) atoms.